The number of aliphatic hydroxyl groups is 1. The monoisotopic (exact) mass is 425 g/mol. The van der Waals surface area contributed by atoms with Gasteiger partial charge in [0.05, 0.1) is 29.4 Å². The van der Waals surface area contributed by atoms with Gasteiger partial charge in [-0.1, -0.05) is 48.9 Å². The van der Waals surface area contributed by atoms with Crippen molar-refractivity contribution in [3.05, 3.63) is 75.8 Å². The van der Waals surface area contributed by atoms with Crippen molar-refractivity contribution in [2.75, 3.05) is 19.6 Å². The standard InChI is InChI=1S/C24H28ClN3O2/c1-18(13-19-5-3-2-4-6-19)15-27-11-9-24(30,10-12-27)16-28-17-26-22-14-20(25)7-8-21(22)23(28)29/h2-8,14,17-18,30H,9-13,15-16H2,1H3. The van der Waals surface area contributed by atoms with Crippen LogP contribution in [0.25, 0.3) is 10.9 Å². The second-order valence-corrected chi connectivity index (χ2v) is 9.10. The predicted octanol–water partition coefficient (Wildman–Crippen LogP) is 3.76. The van der Waals surface area contributed by atoms with Crippen molar-refractivity contribution in [3.63, 3.8) is 0 Å². The van der Waals surface area contributed by atoms with Crippen LogP contribution in [0.15, 0.2) is 59.7 Å². The molecule has 1 fully saturated rings. The van der Waals surface area contributed by atoms with Crippen LogP contribution in [0.2, 0.25) is 5.02 Å². The van der Waals surface area contributed by atoms with Crippen LogP contribution in [-0.4, -0.2) is 44.8 Å². The van der Waals surface area contributed by atoms with E-state index < -0.39 is 5.60 Å². The Kier molecular flexibility index (Phi) is 6.23. The van der Waals surface area contributed by atoms with Crippen molar-refractivity contribution in [1.82, 2.24) is 14.5 Å². The third kappa shape index (κ3) is 4.91. The van der Waals surface area contributed by atoms with Gasteiger partial charge < -0.3 is 10.0 Å². The van der Waals surface area contributed by atoms with Crippen LogP contribution in [0.3, 0.4) is 0 Å². The SMILES string of the molecule is CC(Cc1ccccc1)CN1CCC(O)(Cn2cnc3cc(Cl)ccc3c2=O)CC1. The van der Waals surface area contributed by atoms with Gasteiger partial charge in [0.15, 0.2) is 0 Å². The van der Waals surface area contributed by atoms with Gasteiger partial charge in [0, 0.05) is 24.7 Å². The number of piperidine rings is 1. The zero-order chi connectivity index (χ0) is 21.1. The maximum Gasteiger partial charge on any atom is 0.261 e. The molecule has 30 heavy (non-hydrogen) atoms. The number of nitrogens with zero attached hydrogens (tertiary/aromatic N) is 3. The minimum absolute atomic E-state index is 0.135. The maximum absolute atomic E-state index is 12.8. The van der Waals surface area contributed by atoms with Gasteiger partial charge in [0.25, 0.3) is 5.56 Å². The number of hydrogen-bond donors (Lipinski definition) is 1. The van der Waals surface area contributed by atoms with E-state index in [0.717, 1.165) is 26.1 Å². The summed E-state index contributed by atoms with van der Waals surface area (Å²) in [5.74, 6) is 0.553. The molecule has 4 rings (SSSR count). The molecule has 1 atom stereocenters. The van der Waals surface area contributed by atoms with E-state index in [0.29, 0.717) is 34.7 Å². The molecule has 1 unspecified atom stereocenters. The van der Waals surface area contributed by atoms with Gasteiger partial charge in [-0.25, -0.2) is 4.98 Å². The largest absolute Gasteiger partial charge is 0.388 e. The fourth-order valence-electron chi connectivity index (χ4n) is 4.39. The number of aromatic nitrogens is 2. The Morgan fingerprint density at radius 1 is 1.17 bits per heavy atom. The second-order valence-electron chi connectivity index (χ2n) is 8.66. The first-order valence-electron chi connectivity index (χ1n) is 10.6. The van der Waals surface area contributed by atoms with E-state index in [4.69, 9.17) is 11.6 Å². The van der Waals surface area contributed by atoms with Gasteiger partial charge >= 0.3 is 0 Å². The molecule has 1 saturated heterocycles. The smallest absolute Gasteiger partial charge is 0.261 e. The topological polar surface area (TPSA) is 58.4 Å². The van der Waals surface area contributed by atoms with Gasteiger partial charge in [-0.05, 0) is 48.9 Å². The summed E-state index contributed by atoms with van der Waals surface area (Å²) in [6.45, 7) is 5.23. The molecule has 1 aromatic heterocycles. The van der Waals surface area contributed by atoms with Crippen molar-refractivity contribution < 1.29 is 5.11 Å². The first-order valence-corrected chi connectivity index (χ1v) is 10.9. The number of likely N-dealkylation sites (tertiary alicyclic amines) is 1. The minimum atomic E-state index is -0.884. The number of fused-ring (bicyclic) bond motifs is 1. The van der Waals surface area contributed by atoms with Crippen molar-refractivity contribution >= 4 is 22.5 Å². The molecule has 1 aliphatic rings. The molecule has 6 heteroatoms. The fourth-order valence-corrected chi connectivity index (χ4v) is 4.56. The highest BCUT2D eigenvalue weighted by Gasteiger charge is 2.33. The third-order valence-electron chi connectivity index (χ3n) is 6.04. The molecule has 0 aliphatic carbocycles. The lowest BCUT2D eigenvalue weighted by Crippen LogP contribution is -2.49. The molecule has 0 amide bonds. The number of benzene rings is 2. The Balaban J connectivity index is 1.36. The second kappa shape index (κ2) is 8.88. The van der Waals surface area contributed by atoms with E-state index in [1.165, 1.54) is 16.5 Å². The van der Waals surface area contributed by atoms with Crippen LogP contribution in [0.1, 0.15) is 25.3 Å². The van der Waals surface area contributed by atoms with E-state index in [1.54, 1.807) is 18.2 Å². The highest BCUT2D eigenvalue weighted by Crippen LogP contribution is 2.25. The first-order chi connectivity index (χ1) is 14.4. The first kappa shape index (κ1) is 21.0. The number of halogens is 1. The molecule has 0 radical (unpaired) electrons. The lowest BCUT2D eigenvalue weighted by Gasteiger charge is -2.39. The summed E-state index contributed by atoms with van der Waals surface area (Å²) < 4.78 is 1.53. The molecule has 2 heterocycles. The predicted molar refractivity (Wildman–Crippen MR) is 121 cm³/mol. The third-order valence-corrected chi connectivity index (χ3v) is 6.27. The molecular weight excluding hydrogens is 398 g/mol. The maximum atomic E-state index is 12.8. The van der Waals surface area contributed by atoms with Crippen LogP contribution >= 0.6 is 11.6 Å². The molecule has 158 valence electrons. The van der Waals surface area contributed by atoms with Crippen molar-refractivity contribution in [3.8, 4) is 0 Å². The molecule has 1 aliphatic heterocycles. The molecule has 0 bridgehead atoms. The van der Waals surface area contributed by atoms with Crippen LogP contribution in [0.5, 0.6) is 0 Å². The highest BCUT2D eigenvalue weighted by molar-refractivity contribution is 6.31. The van der Waals surface area contributed by atoms with Crippen molar-refractivity contribution in [2.45, 2.75) is 38.3 Å². The number of rotatable bonds is 6. The van der Waals surface area contributed by atoms with E-state index >= 15 is 0 Å². The quantitative estimate of drug-likeness (QED) is 0.653. The lowest BCUT2D eigenvalue weighted by atomic mass is 9.90. The molecule has 1 N–H and O–H groups in total. The highest BCUT2D eigenvalue weighted by atomic mass is 35.5. The summed E-state index contributed by atoms with van der Waals surface area (Å²) in [7, 11) is 0. The van der Waals surface area contributed by atoms with Crippen molar-refractivity contribution in [2.24, 2.45) is 5.92 Å². The molecule has 2 aromatic carbocycles. The van der Waals surface area contributed by atoms with Gasteiger partial charge in [0.2, 0.25) is 0 Å². The average Bonchev–Trinajstić information content (AvgIpc) is 2.73. The van der Waals surface area contributed by atoms with E-state index in [1.807, 2.05) is 6.07 Å². The minimum Gasteiger partial charge on any atom is -0.388 e. The van der Waals surface area contributed by atoms with Crippen molar-refractivity contribution in [1.29, 1.82) is 0 Å². The van der Waals surface area contributed by atoms with E-state index in [9.17, 15) is 9.90 Å². The molecule has 5 nitrogen and oxygen atoms in total. The Labute approximate surface area is 181 Å². The Hall–Kier alpha value is -2.21. The summed E-state index contributed by atoms with van der Waals surface area (Å²) in [6, 6.07) is 15.6. The molecule has 3 aromatic rings. The zero-order valence-electron chi connectivity index (χ0n) is 17.3. The Morgan fingerprint density at radius 3 is 2.63 bits per heavy atom. The molecule has 0 saturated carbocycles. The summed E-state index contributed by atoms with van der Waals surface area (Å²) in [4.78, 5) is 19.6. The Morgan fingerprint density at radius 2 is 1.90 bits per heavy atom. The van der Waals surface area contributed by atoms with Crippen LogP contribution < -0.4 is 5.56 Å². The molecule has 0 spiro atoms. The summed E-state index contributed by atoms with van der Waals surface area (Å²) in [5, 5.41) is 12.2. The van der Waals surface area contributed by atoms with E-state index in [2.05, 4.69) is 41.1 Å². The number of hydrogen-bond acceptors (Lipinski definition) is 4. The fraction of sp³-hybridized carbons (Fsp3) is 0.417. The van der Waals surface area contributed by atoms with Gasteiger partial charge in [-0.15, -0.1) is 0 Å². The zero-order valence-corrected chi connectivity index (χ0v) is 18.1. The van der Waals surface area contributed by atoms with Crippen LogP contribution in [0, 0.1) is 5.92 Å². The Bertz CT molecular complexity index is 1060. The summed E-state index contributed by atoms with van der Waals surface area (Å²) in [6.07, 6.45) is 3.88. The van der Waals surface area contributed by atoms with Gasteiger partial charge in [0.1, 0.15) is 0 Å². The van der Waals surface area contributed by atoms with Crippen LogP contribution in [-0.2, 0) is 13.0 Å². The summed E-state index contributed by atoms with van der Waals surface area (Å²) in [5.41, 5.74) is 0.926. The molecular formula is C24H28ClN3O2. The van der Waals surface area contributed by atoms with Gasteiger partial charge in [-0.2, -0.15) is 0 Å². The average molecular weight is 426 g/mol. The van der Waals surface area contributed by atoms with Crippen LogP contribution in [0.4, 0.5) is 0 Å². The van der Waals surface area contributed by atoms with E-state index in [-0.39, 0.29) is 12.1 Å². The normalized spacial score (nSPS) is 17.8. The summed E-state index contributed by atoms with van der Waals surface area (Å²) >= 11 is 5.99. The van der Waals surface area contributed by atoms with Gasteiger partial charge in [-0.3, -0.25) is 9.36 Å². The lowest BCUT2D eigenvalue weighted by molar-refractivity contribution is -0.0369.